The SMILES string of the molecule is Cc1ccc(C)c(C(=O)C(F)(F)Br)c1. The first-order valence-electron chi connectivity index (χ1n) is 4.01. The molecule has 0 saturated heterocycles. The Morgan fingerprint density at radius 3 is 2.43 bits per heavy atom. The Kier molecular flexibility index (Phi) is 3.04. The van der Waals surface area contributed by atoms with E-state index in [1.165, 1.54) is 6.07 Å². The van der Waals surface area contributed by atoms with Crippen molar-refractivity contribution in [3.05, 3.63) is 34.9 Å². The Bertz CT molecular complexity index is 369. The summed E-state index contributed by atoms with van der Waals surface area (Å²) < 4.78 is 25.4. The molecule has 0 aliphatic heterocycles. The van der Waals surface area contributed by atoms with Gasteiger partial charge in [-0.3, -0.25) is 4.79 Å². The van der Waals surface area contributed by atoms with E-state index < -0.39 is 10.6 Å². The summed E-state index contributed by atoms with van der Waals surface area (Å²) >= 11 is 2.06. The highest BCUT2D eigenvalue weighted by molar-refractivity contribution is 9.10. The molecule has 1 nitrogen and oxygen atoms in total. The largest absolute Gasteiger partial charge is 0.363 e. The lowest BCUT2D eigenvalue weighted by Crippen LogP contribution is -2.21. The predicted octanol–water partition coefficient (Wildman–Crippen LogP) is 3.47. The Hall–Kier alpha value is -0.770. The number of rotatable bonds is 2. The first kappa shape index (κ1) is 11.3. The standard InChI is InChI=1S/C10H9BrF2O/c1-6-3-4-7(2)8(5-6)9(14)10(11,12)13/h3-5H,1-2H3. The van der Waals surface area contributed by atoms with Crippen LogP contribution in [0.15, 0.2) is 18.2 Å². The second-order valence-electron chi connectivity index (χ2n) is 3.15. The Labute approximate surface area is 89.3 Å². The van der Waals surface area contributed by atoms with Crippen molar-refractivity contribution in [2.45, 2.75) is 18.7 Å². The quantitative estimate of drug-likeness (QED) is 0.589. The van der Waals surface area contributed by atoms with Crippen LogP contribution in [0.2, 0.25) is 0 Å². The van der Waals surface area contributed by atoms with Crippen LogP contribution in [0.4, 0.5) is 8.78 Å². The van der Waals surface area contributed by atoms with E-state index in [2.05, 4.69) is 15.9 Å². The number of alkyl halides is 3. The average molecular weight is 263 g/mol. The molecule has 0 fully saturated rings. The summed E-state index contributed by atoms with van der Waals surface area (Å²) in [5.41, 5.74) is 1.40. The van der Waals surface area contributed by atoms with Crippen molar-refractivity contribution in [1.29, 1.82) is 0 Å². The van der Waals surface area contributed by atoms with Gasteiger partial charge in [0.1, 0.15) is 0 Å². The maximum absolute atomic E-state index is 12.7. The van der Waals surface area contributed by atoms with Gasteiger partial charge in [-0.25, -0.2) is 0 Å². The molecule has 0 saturated carbocycles. The van der Waals surface area contributed by atoms with Gasteiger partial charge in [0.25, 0.3) is 0 Å². The molecule has 4 heteroatoms. The van der Waals surface area contributed by atoms with Gasteiger partial charge in [0, 0.05) is 5.56 Å². The van der Waals surface area contributed by atoms with Crippen LogP contribution in [0.3, 0.4) is 0 Å². The average Bonchev–Trinajstić information content (AvgIpc) is 2.06. The van der Waals surface area contributed by atoms with Crippen LogP contribution in [0.5, 0.6) is 0 Å². The molecular weight excluding hydrogens is 254 g/mol. The lowest BCUT2D eigenvalue weighted by molar-refractivity contribution is 0.0592. The van der Waals surface area contributed by atoms with E-state index in [0.717, 1.165) is 5.56 Å². The molecule has 76 valence electrons. The van der Waals surface area contributed by atoms with Gasteiger partial charge in [-0.15, -0.1) is 0 Å². The summed E-state index contributed by atoms with van der Waals surface area (Å²) in [5, 5.41) is 0. The number of carbonyl (C=O) groups excluding carboxylic acids is 1. The number of Topliss-reactive ketones (excluding diaryl/α,β-unsaturated/α-hetero) is 1. The van der Waals surface area contributed by atoms with Crippen molar-refractivity contribution in [3.63, 3.8) is 0 Å². The first-order valence-corrected chi connectivity index (χ1v) is 4.80. The third-order valence-electron chi connectivity index (χ3n) is 1.90. The number of ketones is 1. The number of benzene rings is 1. The molecule has 0 amide bonds. The maximum atomic E-state index is 12.7. The molecule has 0 bridgehead atoms. The molecule has 0 N–H and O–H groups in total. The minimum absolute atomic E-state index is 0.0619. The van der Waals surface area contributed by atoms with Gasteiger partial charge in [0.05, 0.1) is 0 Å². The Morgan fingerprint density at radius 2 is 1.93 bits per heavy atom. The van der Waals surface area contributed by atoms with Crippen LogP contribution < -0.4 is 0 Å². The Balaban J connectivity index is 3.19. The van der Waals surface area contributed by atoms with Crippen molar-refractivity contribution in [1.82, 2.24) is 0 Å². The van der Waals surface area contributed by atoms with Gasteiger partial charge in [0.2, 0.25) is 5.78 Å². The third-order valence-corrected chi connectivity index (χ3v) is 2.26. The van der Waals surface area contributed by atoms with Crippen LogP contribution in [0, 0.1) is 13.8 Å². The summed E-state index contributed by atoms with van der Waals surface area (Å²) in [5.74, 6) is -1.20. The molecule has 0 aliphatic rings. The molecule has 0 unspecified atom stereocenters. The lowest BCUT2D eigenvalue weighted by Gasteiger charge is -2.09. The molecule has 0 radical (unpaired) electrons. The van der Waals surface area contributed by atoms with Crippen molar-refractivity contribution in [3.8, 4) is 0 Å². The zero-order valence-electron chi connectivity index (χ0n) is 7.77. The normalized spacial score (nSPS) is 11.5. The van der Waals surface area contributed by atoms with E-state index in [0.29, 0.717) is 5.56 Å². The predicted molar refractivity (Wildman–Crippen MR) is 54.1 cm³/mol. The molecule has 1 rings (SSSR count). The van der Waals surface area contributed by atoms with E-state index in [1.54, 1.807) is 26.0 Å². The van der Waals surface area contributed by atoms with Gasteiger partial charge in [-0.1, -0.05) is 17.7 Å². The lowest BCUT2D eigenvalue weighted by atomic mass is 10.0. The van der Waals surface area contributed by atoms with Crippen molar-refractivity contribution >= 4 is 21.7 Å². The molecule has 0 aliphatic carbocycles. The van der Waals surface area contributed by atoms with Crippen LogP contribution in [-0.4, -0.2) is 10.6 Å². The second kappa shape index (κ2) is 3.77. The summed E-state index contributed by atoms with van der Waals surface area (Å²) in [7, 11) is 0. The highest BCUT2D eigenvalue weighted by Gasteiger charge is 2.36. The van der Waals surface area contributed by atoms with Gasteiger partial charge in [0.15, 0.2) is 0 Å². The number of halogens is 3. The summed E-state index contributed by atoms with van der Waals surface area (Å²) in [6.07, 6.45) is 0. The molecule has 14 heavy (non-hydrogen) atoms. The van der Waals surface area contributed by atoms with Crippen LogP contribution in [0.1, 0.15) is 21.5 Å². The number of aryl methyl sites for hydroxylation is 2. The monoisotopic (exact) mass is 262 g/mol. The summed E-state index contributed by atoms with van der Waals surface area (Å²) in [6, 6.07) is 4.90. The minimum Gasteiger partial charge on any atom is -0.286 e. The number of carbonyl (C=O) groups is 1. The van der Waals surface area contributed by atoms with Gasteiger partial charge in [-0.2, -0.15) is 8.78 Å². The van der Waals surface area contributed by atoms with E-state index >= 15 is 0 Å². The molecule has 1 aromatic carbocycles. The van der Waals surface area contributed by atoms with E-state index in [4.69, 9.17) is 0 Å². The van der Waals surface area contributed by atoms with Crippen molar-refractivity contribution < 1.29 is 13.6 Å². The Morgan fingerprint density at radius 1 is 1.36 bits per heavy atom. The zero-order chi connectivity index (χ0) is 10.9. The first-order chi connectivity index (χ1) is 6.32. The highest BCUT2D eigenvalue weighted by Crippen LogP contribution is 2.28. The fraction of sp³-hybridized carbons (Fsp3) is 0.300. The van der Waals surface area contributed by atoms with Crippen LogP contribution in [-0.2, 0) is 0 Å². The topological polar surface area (TPSA) is 17.1 Å². The minimum atomic E-state index is -3.48. The number of hydrogen-bond donors (Lipinski definition) is 0. The maximum Gasteiger partial charge on any atom is 0.363 e. The van der Waals surface area contributed by atoms with E-state index in [1.807, 2.05) is 0 Å². The van der Waals surface area contributed by atoms with E-state index in [-0.39, 0.29) is 5.56 Å². The van der Waals surface area contributed by atoms with Gasteiger partial charge >= 0.3 is 4.83 Å². The second-order valence-corrected chi connectivity index (χ2v) is 4.14. The molecule has 1 aromatic rings. The molecule has 0 aromatic heterocycles. The highest BCUT2D eigenvalue weighted by atomic mass is 79.9. The van der Waals surface area contributed by atoms with Crippen molar-refractivity contribution in [2.24, 2.45) is 0 Å². The van der Waals surface area contributed by atoms with E-state index in [9.17, 15) is 13.6 Å². The molecule has 0 spiro atoms. The zero-order valence-corrected chi connectivity index (χ0v) is 9.36. The van der Waals surface area contributed by atoms with Crippen molar-refractivity contribution in [2.75, 3.05) is 0 Å². The molecular formula is C10H9BrF2O. The van der Waals surface area contributed by atoms with Crippen LogP contribution >= 0.6 is 15.9 Å². The fourth-order valence-corrected chi connectivity index (χ4v) is 1.35. The number of hydrogen-bond acceptors (Lipinski definition) is 1. The van der Waals surface area contributed by atoms with Crippen LogP contribution in [0.25, 0.3) is 0 Å². The third kappa shape index (κ3) is 2.38. The summed E-state index contributed by atoms with van der Waals surface area (Å²) in [4.78, 5) is 7.76. The fourth-order valence-electron chi connectivity index (χ4n) is 1.13. The summed E-state index contributed by atoms with van der Waals surface area (Å²) in [6.45, 7) is 3.38. The van der Waals surface area contributed by atoms with Gasteiger partial charge < -0.3 is 0 Å². The smallest absolute Gasteiger partial charge is 0.286 e. The molecule has 0 atom stereocenters. The van der Waals surface area contributed by atoms with Gasteiger partial charge in [-0.05, 0) is 41.4 Å². The molecule has 0 heterocycles.